The Hall–Kier alpha value is -1.24. The smallest absolute Gasteiger partial charge is 0.121 e. The molecule has 0 aromatic rings. The lowest BCUT2D eigenvalue weighted by Crippen LogP contribution is -1.86. The molecular formula is C10H13B. The Morgan fingerprint density at radius 2 is 1.82 bits per heavy atom. The highest BCUT2D eigenvalue weighted by molar-refractivity contribution is 6.51. The lowest BCUT2D eigenvalue weighted by Gasteiger charge is -1.89. The Balaban J connectivity index is 4.09. The van der Waals surface area contributed by atoms with E-state index in [1.165, 1.54) is 0 Å². The number of hydrogen-bond donors (Lipinski definition) is 0. The lowest BCUT2D eigenvalue weighted by atomic mass is 9.70. The average Bonchev–Trinajstić information content (AvgIpc) is 2.03. The van der Waals surface area contributed by atoms with Crippen molar-refractivity contribution in [2.45, 2.75) is 0 Å². The Kier molecular flexibility index (Phi) is 6.11. The summed E-state index contributed by atoms with van der Waals surface area (Å²) in [6.45, 7) is 10.9. The van der Waals surface area contributed by atoms with Gasteiger partial charge in [-0.25, -0.2) is 0 Å². The lowest BCUT2D eigenvalue weighted by molar-refractivity contribution is 1.84. The van der Waals surface area contributed by atoms with Gasteiger partial charge < -0.3 is 0 Å². The molecule has 0 aromatic heterocycles. The summed E-state index contributed by atoms with van der Waals surface area (Å²) in [5, 5.41) is 0. The fraction of sp³-hybridized carbons (Fsp3) is 0. The summed E-state index contributed by atoms with van der Waals surface area (Å²) in [4.78, 5) is 0. The molecule has 0 aliphatic rings. The summed E-state index contributed by atoms with van der Waals surface area (Å²) in [5.41, 5.74) is 1.16. The van der Waals surface area contributed by atoms with E-state index in [4.69, 9.17) is 0 Å². The zero-order valence-corrected chi connectivity index (χ0v) is 6.79. The number of hydrogen-bond acceptors (Lipinski definition) is 0. The van der Waals surface area contributed by atoms with E-state index in [1.807, 2.05) is 30.3 Å². The normalized spacial score (nSPS) is 11.1. The van der Waals surface area contributed by atoms with Crippen LogP contribution in [0.4, 0.5) is 0 Å². The van der Waals surface area contributed by atoms with Crippen molar-refractivity contribution in [3.63, 3.8) is 0 Å². The summed E-state index contributed by atoms with van der Waals surface area (Å²) in [6, 6.07) is 0. The molecule has 0 N–H and O–H groups in total. The van der Waals surface area contributed by atoms with Gasteiger partial charge in [0.2, 0.25) is 0 Å². The largest absolute Gasteiger partial charge is 0.182 e. The molecule has 0 heterocycles. The predicted octanol–water partition coefficient (Wildman–Crippen LogP) is 2.38. The maximum absolute atomic E-state index is 3.68. The van der Waals surface area contributed by atoms with E-state index >= 15 is 0 Å². The standard InChI is InChI=1S/C10H13B/c1-4-7-8-9-10(5-2)11-6-3/h4-9,11H,1-3H2/b8-7-,10-9+. The van der Waals surface area contributed by atoms with Gasteiger partial charge in [-0.1, -0.05) is 49.0 Å². The van der Waals surface area contributed by atoms with E-state index in [0.717, 1.165) is 12.8 Å². The molecule has 0 fully saturated rings. The van der Waals surface area contributed by atoms with E-state index in [0.29, 0.717) is 0 Å². The molecule has 0 rings (SSSR count). The SMILES string of the molecule is C=CB/C(C=C)=C/C=C\C=C. The first-order valence-electron chi connectivity index (χ1n) is 3.56. The minimum atomic E-state index is 0.866. The molecule has 56 valence electrons. The van der Waals surface area contributed by atoms with Gasteiger partial charge in [0.1, 0.15) is 0 Å². The second kappa shape index (κ2) is 6.88. The molecule has 0 aliphatic carbocycles. The molecule has 0 aliphatic heterocycles. The van der Waals surface area contributed by atoms with Gasteiger partial charge in [0.05, 0.1) is 0 Å². The van der Waals surface area contributed by atoms with Crippen molar-refractivity contribution in [1.82, 2.24) is 0 Å². The molecule has 0 aromatic carbocycles. The van der Waals surface area contributed by atoms with Crippen LogP contribution in [0.25, 0.3) is 0 Å². The van der Waals surface area contributed by atoms with Gasteiger partial charge in [0.15, 0.2) is 7.28 Å². The third-order valence-electron chi connectivity index (χ3n) is 1.20. The molecule has 11 heavy (non-hydrogen) atoms. The quantitative estimate of drug-likeness (QED) is 0.410. The fourth-order valence-corrected chi connectivity index (χ4v) is 0.644. The van der Waals surface area contributed by atoms with E-state index in [-0.39, 0.29) is 0 Å². The minimum Gasteiger partial charge on any atom is -0.121 e. The Morgan fingerprint density at radius 3 is 2.27 bits per heavy atom. The van der Waals surface area contributed by atoms with Crippen molar-refractivity contribution in [1.29, 1.82) is 0 Å². The van der Waals surface area contributed by atoms with Gasteiger partial charge in [-0.05, 0) is 0 Å². The average molecular weight is 144 g/mol. The van der Waals surface area contributed by atoms with Gasteiger partial charge in [-0.3, -0.25) is 0 Å². The molecule has 1 heteroatoms. The summed E-state index contributed by atoms with van der Waals surface area (Å²) in [5.74, 6) is 1.86. The molecule has 0 radical (unpaired) electrons. The third-order valence-corrected chi connectivity index (χ3v) is 1.20. The molecule has 0 nitrogen and oxygen atoms in total. The summed E-state index contributed by atoms with van der Waals surface area (Å²) in [7, 11) is 0.866. The second-order valence-electron chi connectivity index (χ2n) is 2.06. The molecule has 0 bridgehead atoms. The van der Waals surface area contributed by atoms with Crippen molar-refractivity contribution in [3.05, 3.63) is 61.6 Å². The Morgan fingerprint density at radius 1 is 1.09 bits per heavy atom. The van der Waals surface area contributed by atoms with Crippen LogP contribution in [0.15, 0.2) is 61.6 Å². The van der Waals surface area contributed by atoms with Crippen LogP contribution in [0.1, 0.15) is 0 Å². The van der Waals surface area contributed by atoms with Crippen LogP contribution in [0.5, 0.6) is 0 Å². The van der Waals surface area contributed by atoms with Crippen LogP contribution >= 0.6 is 0 Å². The molecule has 0 spiro atoms. The molecular weight excluding hydrogens is 131 g/mol. The Bertz CT molecular complexity index is 197. The minimum absolute atomic E-state index is 0.866. The molecule has 0 saturated carbocycles. The topological polar surface area (TPSA) is 0 Å². The van der Waals surface area contributed by atoms with E-state index in [2.05, 4.69) is 19.7 Å². The molecule has 0 atom stereocenters. The van der Waals surface area contributed by atoms with Crippen molar-refractivity contribution in [2.24, 2.45) is 0 Å². The summed E-state index contributed by atoms with van der Waals surface area (Å²) < 4.78 is 0. The van der Waals surface area contributed by atoms with E-state index < -0.39 is 0 Å². The maximum Gasteiger partial charge on any atom is 0.182 e. The van der Waals surface area contributed by atoms with Crippen molar-refractivity contribution in [3.8, 4) is 0 Å². The van der Waals surface area contributed by atoms with Crippen LogP contribution < -0.4 is 0 Å². The van der Waals surface area contributed by atoms with Crippen LogP contribution in [-0.2, 0) is 0 Å². The molecule has 0 saturated heterocycles. The van der Waals surface area contributed by atoms with Crippen molar-refractivity contribution in [2.75, 3.05) is 0 Å². The zero-order valence-electron chi connectivity index (χ0n) is 6.79. The fourth-order valence-electron chi connectivity index (χ4n) is 0.644. The summed E-state index contributed by atoms with van der Waals surface area (Å²) >= 11 is 0. The highest BCUT2D eigenvalue weighted by atomic mass is 13.7. The van der Waals surface area contributed by atoms with Gasteiger partial charge in [0.25, 0.3) is 0 Å². The van der Waals surface area contributed by atoms with E-state index in [1.54, 1.807) is 6.08 Å². The zero-order chi connectivity index (χ0) is 8.53. The number of allylic oxidation sites excluding steroid dienone is 6. The first kappa shape index (κ1) is 9.76. The maximum atomic E-state index is 3.68. The Labute approximate surface area is 69.6 Å². The van der Waals surface area contributed by atoms with Crippen LogP contribution in [0.3, 0.4) is 0 Å². The summed E-state index contributed by atoms with van der Waals surface area (Å²) in [6.07, 6.45) is 9.39. The second-order valence-corrected chi connectivity index (χ2v) is 2.06. The van der Waals surface area contributed by atoms with Crippen LogP contribution in [0.2, 0.25) is 0 Å². The van der Waals surface area contributed by atoms with Crippen LogP contribution in [0, 0.1) is 0 Å². The number of rotatable bonds is 5. The van der Waals surface area contributed by atoms with Crippen molar-refractivity contribution >= 4 is 7.28 Å². The van der Waals surface area contributed by atoms with Crippen molar-refractivity contribution < 1.29 is 0 Å². The predicted molar refractivity (Wildman–Crippen MR) is 55.0 cm³/mol. The van der Waals surface area contributed by atoms with Gasteiger partial charge in [0, 0.05) is 0 Å². The van der Waals surface area contributed by atoms with Gasteiger partial charge in [-0.15, -0.1) is 12.6 Å². The highest BCUT2D eigenvalue weighted by Crippen LogP contribution is 1.93. The highest BCUT2D eigenvalue weighted by Gasteiger charge is 1.85. The first-order valence-corrected chi connectivity index (χ1v) is 3.56. The van der Waals surface area contributed by atoms with Gasteiger partial charge >= 0.3 is 0 Å². The van der Waals surface area contributed by atoms with E-state index in [9.17, 15) is 0 Å². The first-order chi connectivity index (χ1) is 5.35. The molecule has 0 unspecified atom stereocenters. The third kappa shape index (κ3) is 5.22. The van der Waals surface area contributed by atoms with Crippen LogP contribution in [-0.4, -0.2) is 7.28 Å². The molecule has 0 amide bonds. The van der Waals surface area contributed by atoms with Gasteiger partial charge in [-0.2, -0.15) is 0 Å². The monoisotopic (exact) mass is 144 g/mol.